The van der Waals surface area contributed by atoms with Crippen molar-refractivity contribution in [2.24, 2.45) is 0 Å². The van der Waals surface area contributed by atoms with Crippen molar-refractivity contribution >= 4 is 27.3 Å². The summed E-state index contributed by atoms with van der Waals surface area (Å²) in [4.78, 5) is 10.7. The largest absolute Gasteiger partial charge is 0.377 e. The Balaban J connectivity index is 2.34. The van der Waals surface area contributed by atoms with Crippen LogP contribution in [0.5, 0.6) is 0 Å². The zero-order chi connectivity index (χ0) is 15.4. The van der Waals surface area contributed by atoms with Gasteiger partial charge < -0.3 is 5.32 Å². The molecule has 2 rings (SSSR count). The van der Waals surface area contributed by atoms with Gasteiger partial charge in [-0.1, -0.05) is 37.3 Å². The van der Waals surface area contributed by atoms with E-state index in [4.69, 9.17) is 0 Å². The van der Waals surface area contributed by atoms with Crippen LogP contribution in [0.15, 0.2) is 46.9 Å². The molecule has 110 valence electrons. The van der Waals surface area contributed by atoms with E-state index >= 15 is 0 Å². The number of nitrogens with one attached hydrogen (secondary N) is 1. The number of benzene rings is 2. The Kier molecular flexibility index (Phi) is 4.96. The number of rotatable bonds is 5. The highest BCUT2D eigenvalue weighted by Gasteiger charge is 2.17. The molecule has 21 heavy (non-hydrogen) atoms. The average Bonchev–Trinajstić information content (AvgIpc) is 2.47. The van der Waals surface area contributed by atoms with Crippen molar-refractivity contribution in [1.82, 2.24) is 0 Å². The van der Waals surface area contributed by atoms with Crippen LogP contribution in [0, 0.1) is 17.0 Å². The second kappa shape index (κ2) is 6.72. The van der Waals surface area contributed by atoms with Crippen LogP contribution in [0.4, 0.5) is 11.4 Å². The number of halogens is 1. The zero-order valence-electron chi connectivity index (χ0n) is 12.0. The first kappa shape index (κ1) is 15.5. The number of hydrogen-bond donors (Lipinski definition) is 1. The van der Waals surface area contributed by atoms with Crippen molar-refractivity contribution in [3.05, 3.63) is 68.2 Å². The van der Waals surface area contributed by atoms with Gasteiger partial charge in [-0.05, 0) is 40.9 Å². The summed E-state index contributed by atoms with van der Waals surface area (Å²) in [6.45, 7) is 3.82. The quantitative estimate of drug-likeness (QED) is 0.594. The first-order valence-electron chi connectivity index (χ1n) is 6.79. The minimum absolute atomic E-state index is 0.116. The van der Waals surface area contributed by atoms with Gasteiger partial charge in [0.05, 0.1) is 16.7 Å². The highest BCUT2D eigenvalue weighted by atomic mass is 79.9. The molecule has 1 unspecified atom stereocenters. The van der Waals surface area contributed by atoms with Crippen LogP contribution in [-0.2, 0) is 0 Å². The molecule has 0 fully saturated rings. The third-order valence-electron chi connectivity index (χ3n) is 3.42. The van der Waals surface area contributed by atoms with Gasteiger partial charge in [-0.3, -0.25) is 10.1 Å². The number of anilines is 1. The van der Waals surface area contributed by atoms with Crippen LogP contribution < -0.4 is 5.32 Å². The van der Waals surface area contributed by atoms with E-state index in [0.717, 1.165) is 22.1 Å². The van der Waals surface area contributed by atoms with E-state index in [2.05, 4.69) is 40.3 Å². The monoisotopic (exact) mass is 348 g/mol. The second-order valence-electron chi connectivity index (χ2n) is 4.89. The van der Waals surface area contributed by atoms with Crippen molar-refractivity contribution in [3.63, 3.8) is 0 Å². The van der Waals surface area contributed by atoms with E-state index in [-0.39, 0.29) is 16.7 Å². The van der Waals surface area contributed by atoms with Gasteiger partial charge >= 0.3 is 0 Å². The summed E-state index contributed by atoms with van der Waals surface area (Å²) >= 11 is 3.48. The topological polar surface area (TPSA) is 55.2 Å². The van der Waals surface area contributed by atoms with Crippen LogP contribution in [0.1, 0.15) is 30.5 Å². The fourth-order valence-electron chi connectivity index (χ4n) is 2.26. The van der Waals surface area contributed by atoms with Crippen molar-refractivity contribution in [3.8, 4) is 0 Å². The van der Waals surface area contributed by atoms with Crippen molar-refractivity contribution in [2.45, 2.75) is 26.3 Å². The fourth-order valence-corrected chi connectivity index (χ4v) is 2.84. The maximum Gasteiger partial charge on any atom is 0.274 e. The lowest BCUT2D eigenvalue weighted by molar-refractivity contribution is -0.385. The lowest BCUT2D eigenvalue weighted by atomic mass is 10.0. The molecule has 0 amide bonds. The summed E-state index contributed by atoms with van der Waals surface area (Å²) in [5.74, 6) is 0. The minimum Gasteiger partial charge on any atom is -0.377 e. The number of nitrogens with zero attached hydrogens (tertiary/aromatic N) is 1. The molecule has 0 spiro atoms. The molecule has 5 heteroatoms. The molecule has 0 bridgehead atoms. The molecular formula is C16H17BrN2O2. The van der Waals surface area contributed by atoms with Gasteiger partial charge in [-0.2, -0.15) is 0 Å². The Hall–Kier alpha value is -1.88. The highest BCUT2D eigenvalue weighted by Crippen LogP contribution is 2.33. The standard InChI is InChI=1S/C16H17BrN2O2/c1-3-14(12-7-5-4-6-8-12)18-15-10-16(19(20)21)11(2)9-13(15)17/h4-10,14,18H,3H2,1-2H3. The molecule has 2 aromatic rings. The van der Waals surface area contributed by atoms with Crippen molar-refractivity contribution in [2.75, 3.05) is 5.32 Å². The summed E-state index contributed by atoms with van der Waals surface area (Å²) in [6.07, 6.45) is 0.887. The number of nitro benzene ring substituents is 1. The summed E-state index contributed by atoms with van der Waals surface area (Å²) < 4.78 is 0.833. The first-order valence-corrected chi connectivity index (χ1v) is 7.58. The number of nitro groups is 1. The predicted molar refractivity (Wildman–Crippen MR) is 88.6 cm³/mol. The Morgan fingerprint density at radius 3 is 2.52 bits per heavy atom. The van der Waals surface area contributed by atoms with E-state index < -0.39 is 0 Å². The van der Waals surface area contributed by atoms with Gasteiger partial charge in [0.15, 0.2) is 0 Å². The molecule has 4 nitrogen and oxygen atoms in total. The molecule has 1 N–H and O–H groups in total. The van der Waals surface area contributed by atoms with E-state index in [0.29, 0.717) is 5.56 Å². The van der Waals surface area contributed by atoms with Crippen molar-refractivity contribution < 1.29 is 4.92 Å². The van der Waals surface area contributed by atoms with Crippen LogP contribution in [0.2, 0.25) is 0 Å². The normalized spacial score (nSPS) is 12.0. The molecule has 0 saturated carbocycles. The van der Waals surface area contributed by atoms with Crippen LogP contribution >= 0.6 is 15.9 Å². The van der Waals surface area contributed by atoms with Gasteiger partial charge in [-0.25, -0.2) is 0 Å². The van der Waals surface area contributed by atoms with E-state index in [1.165, 1.54) is 0 Å². The van der Waals surface area contributed by atoms with Gasteiger partial charge in [0, 0.05) is 16.1 Å². The maximum absolute atomic E-state index is 11.1. The number of hydrogen-bond acceptors (Lipinski definition) is 3. The molecule has 1 atom stereocenters. The Bertz CT molecular complexity index is 644. The molecule has 0 aliphatic heterocycles. The van der Waals surface area contributed by atoms with E-state index in [1.54, 1.807) is 19.1 Å². The Morgan fingerprint density at radius 2 is 1.95 bits per heavy atom. The average molecular weight is 349 g/mol. The van der Waals surface area contributed by atoms with Crippen LogP contribution in [-0.4, -0.2) is 4.92 Å². The molecular weight excluding hydrogens is 332 g/mol. The summed E-state index contributed by atoms with van der Waals surface area (Å²) in [7, 11) is 0. The lowest BCUT2D eigenvalue weighted by Gasteiger charge is -2.20. The first-order chi connectivity index (χ1) is 10.0. The lowest BCUT2D eigenvalue weighted by Crippen LogP contribution is -2.10. The van der Waals surface area contributed by atoms with Crippen LogP contribution in [0.25, 0.3) is 0 Å². The SMILES string of the molecule is CCC(Nc1cc([N+](=O)[O-])c(C)cc1Br)c1ccccc1. The fraction of sp³-hybridized carbons (Fsp3) is 0.250. The predicted octanol–water partition coefficient (Wildman–Crippen LogP) is 5.23. The highest BCUT2D eigenvalue weighted by molar-refractivity contribution is 9.10. The third-order valence-corrected chi connectivity index (χ3v) is 4.08. The van der Waals surface area contributed by atoms with Crippen LogP contribution in [0.3, 0.4) is 0 Å². The molecule has 0 radical (unpaired) electrons. The summed E-state index contributed by atoms with van der Waals surface area (Å²) in [6, 6.07) is 13.5. The van der Waals surface area contributed by atoms with Gasteiger partial charge in [0.2, 0.25) is 0 Å². The van der Waals surface area contributed by atoms with Crippen molar-refractivity contribution in [1.29, 1.82) is 0 Å². The maximum atomic E-state index is 11.1. The zero-order valence-corrected chi connectivity index (χ0v) is 13.6. The molecule has 0 saturated heterocycles. The Labute approximate surface area is 132 Å². The van der Waals surface area contributed by atoms with E-state index in [9.17, 15) is 10.1 Å². The minimum atomic E-state index is -0.351. The second-order valence-corrected chi connectivity index (χ2v) is 5.75. The Morgan fingerprint density at radius 1 is 1.29 bits per heavy atom. The van der Waals surface area contributed by atoms with Gasteiger partial charge in [-0.15, -0.1) is 0 Å². The summed E-state index contributed by atoms with van der Waals surface area (Å²) in [5.41, 5.74) is 2.67. The smallest absolute Gasteiger partial charge is 0.274 e. The molecule has 0 aliphatic rings. The molecule has 0 aromatic heterocycles. The van der Waals surface area contributed by atoms with E-state index in [1.807, 2.05) is 18.2 Å². The summed E-state index contributed by atoms with van der Waals surface area (Å²) in [5, 5.41) is 14.5. The molecule has 2 aromatic carbocycles. The van der Waals surface area contributed by atoms with Gasteiger partial charge in [0.1, 0.15) is 0 Å². The van der Waals surface area contributed by atoms with Gasteiger partial charge in [0.25, 0.3) is 5.69 Å². The molecule has 0 aliphatic carbocycles. The molecule has 0 heterocycles. The number of aryl methyl sites for hydroxylation is 1. The third kappa shape index (κ3) is 3.61.